The molecule has 0 aliphatic carbocycles. The number of likely N-dealkylation sites (tertiary alicyclic amines) is 1. The normalized spacial score (nSPS) is 42.7. The van der Waals surface area contributed by atoms with Crippen LogP contribution in [0.25, 0.3) is 0 Å². The van der Waals surface area contributed by atoms with Gasteiger partial charge in [-0.25, -0.2) is 0 Å². The van der Waals surface area contributed by atoms with Gasteiger partial charge in [0.05, 0.1) is 0 Å². The number of carbonyl (C=O) groups excluding carboxylic acids is 1. The lowest BCUT2D eigenvalue weighted by molar-refractivity contribution is -0.141. The number of hydrogen-bond acceptors (Lipinski definition) is 3. The van der Waals surface area contributed by atoms with E-state index in [-0.39, 0.29) is 12.0 Å². The van der Waals surface area contributed by atoms with Crippen molar-refractivity contribution in [2.24, 2.45) is 11.8 Å². The molecule has 0 radical (unpaired) electrons. The molecule has 90 valence electrons. The summed E-state index contributed by atoms with van der Waals surface area (Å²) in [5.74, 6) is 1.29. The number of nitrogens with zero attached hydrogens (tertiary/aromatic N) is 1. The highest BCUT2D eigenvalue weighted by Gasteiger charge is 2.42. The molecule has 0 saturated carbocycles. The first-order valence-corrected chi connectivity index (χ1v) is 6.39. The average molecular weight is 224 g/mol. The molecule has 4 nitrogen and oxygen atoms in total. The Hall–Kier alpha value is -0.610. The third-order valence-electron chi connectivity index (χ3n) is 4.31. The van der Waals surface area contributed by atoms with Gasteiger partial charge in [-0.3, -0.25) is 4.79 Å². The van der Waals surface area contributed by atoms with E-state index < -0.39 is 0 Å². The van der Waals surface area contributed by atoms with Crippen molar-refractivity contribution in [1.29, 1.82) is 0 Å². The topological polar surface area (TPSA) is 41.6 Å². The number of fused-ring (bicyclic) bond motifs is 1. The van der Waals surface area contributed by atoms with Crippen molar-refractivity contribution < 1.29 is 9.53 Å². The Morgan fingerprint density at radius 2 is 2.25 bits per heavy atom. The SMILES string of the molecule is CC1CCOC1C(=O)N1C[C@@H]2CCN[C@@H]2C1. The van der Waals surface area contributed by atoms with Gasteiger partial charge in [0, 0.05) is 25.7 Å². The van der Waals surface area contributed by atoms with E-state index in [4.69, 9.17) is 4.74 Å². The first-order valence-electron chi connectivity index (χ1n) is 6.39. The molecule has 0 spiro atoms. The van der Waals surface area contributed by atoms with Crippen molar-refractivity contribution in [3.63, 3.8) is 0 Å². The number of hydrogen-bond donors (Lipinski definition) is 1. The van der Waals surface area contributed by atoms with Crippen LogP contribution in [-0.4, -0.2) is 49.2 Å². The zero-order chi connectivity index (χ0) is 11.1. The lowest BCUT2D eigenvalue weighted by atomic mass is 10.0. The molecule has 3 aliphatic rings. The van der Waals surface area contributed by atoms with Crippen LogP contribution >= 0.6 is 0 Å². The summed E-state index contributed by atoms with van der Waals surface area (Å²) in [6, 6.07) is 0.542. The summed E-state index contributed by atoms with van der Waals surface area (Å²) < 4.78 is 5.55. The van der Waals surface area contributed by atoms with Crippen molar-refractivity contribution in [3.05, 3.63) is 0 Å². The van der Waals surface area contributed by atoms with Crippen LogP contribution in [-0.2, 0) is 9.53 Å². The third-order valence-corrected chi connectivity index (χ3v) is 4.31. The lowest BCUT2D eigenvalue weighted by Gasteiger charge is -2.23. The van der Waals surface area contributed by atoms with Crippen LogP contribution in [0.3, 0.4) is 0 Å². The van der Waals surface area contributed by atoms with E-state index in [1.165, 1.54) is 6.42 Å². The van der Waals surface area contributed by atoms with Gasteiger partial charge in [0.1, 0.15) is 6.10 Å². The number of rotatable bonds is 1. The fourth-order valence-electron chi connectivity index (χ4n) is 3.22. The molecule has 0 aromatic rings. The minimum absolute atomic E-state index is 0.168. The van der Waals surface area contributed by atoms with Crippen molar-refractivity contribution in [2.45, 2.75) is 31.9 Å². The van der Waals surface area contributed by atoms with Crippen molar-refractivity contribution >= 4 is 5.91 Å². The molecule has 0 bridgehead atoms. The Kier molecular flexibility index (Phi) is 2.64. The van der Waals surface area contributed by atoms with Crippen LogP contribution in [0.5, 0.6) is 0 Å². The molecule has 3 heterocycles. The molecule has 3 saturated heterocycles. The van der Waals surface area contributed by atoms with Crippen molar-refractivity contribution in [1.82, 2.24) is 10.2 Å². The Morgan fingerprint density at radius 3 is 2.94 bits per heavy atom. The van der Waals surface area contributed by atoms with Gasteiger partial charge >= 0.3 is 0 Å². The van der Waals surface area contributed by atoms with E-state index in [1.54, 1.807) is 0 Å². The van der Waals surface area contributed by atoms with Gasteiger partial charge in [-0.15, -0.1) is 0 Å². The van der Waals surface area contributed by atoms with E-state index in [2.05, 4.69) is 12.2 Å². The molecule has 4 heteroatoms. The molecule has 3 rings (SSSR count). The number of amides is 1. The second-order valence-corrected chi connectivity index (χ2v) is 5.41. The van der Waals surface area contributed by atoms with Crippen LogP contribution in [0.2, 0.25) is 0 Å². The van der Waals surface area contributed by atoms with Gasteiger partial charge in [-0.05, 0) is 31.2 Å². The van der Waals surface area contributed by atoms with Gasteiger partial charge in [-0.2, -0.15) is 0 Å². The predicted molar refractivity (Wildman–Crippen MR) is 60.0 cm³/mol. The maximum atomic E-state index is 12.3. The summed E-state index contributed by atoms with van der Waals surface area (Å²) in [6.07, 6.45) is 2.07. The largest absolute Gasteiger partial charge is 0.368 e. The van der Waals surface area contributed by atoms with Gasteiger partial charge < -0.3 is 15.0 Å². The number of ether oxygens (including phenoxy) is 1. The smallest absolute Gasteiger partial charge is 0.252 e. The lowest BCUT2D eigenvalue weighted by Crippen LogP contribution is -2.41. The Balaban J connectivity index is 1.63. The molecular weight excluding hydrogens is 204 g/mol. The van der Waals surface area contributed by atoms with Crippen molar-refractivity contribution in [3.8, 4) is 0 Å². The van der Waals surface area contributed by atoms with Gasteiger partial charge in [0.25, 0.3) is 5.91 Å². The quantitative estimate of drug-likeness (QED) is 0.693. The zero-order valence-corrected chi connectivity index (χ0v) is 9.82. The molecule has 2 unspecified atom stereocenters. The second-order valence-electron chi connectivity index (χ2n) is 5.41. The molecule has 0 aromatic heterocycles. The molecule has 3 aliphatic heterocycles. The van der Waals surface area contributed by atoms with E-state index >= 15 is 0 Å². The van der Waals surface area contributed by atoms with E-state index in [1.807, 2.05) is 4.90 Å². The summed E-state index contributed by atoms with van der Waals surface area (Å²) in [6.45, 7) is 5.80. The van der Waals surface area contributed by atoms with E-state index in [0.717, 1.165) is 32.7 Å². The van der Waals surface area contributed by atoms with Gasteiger partial charge in [0.15, 0.2) is 0 Å². The minimum Gasteiger partial charge on any atom is -0.368 e. The summed E-state index contributed by atoms with van der Waals surface area (Å²) in [7, 11) is 0. The second kappa shape index (κ2) is 4.00. The summed E-state index contributed by atoms with van der Waals surface area (Å²) in [5.41, 5.74) is 0. The van der Waals surface area contributed by atoms with Crippen molar-refractivity contribution in [2.75, 3.05) is 26.2 Å². The summed E-state index contributed by atoms with van der Waals surface area (Å²) in [5, 5.41) is 3.47. The minimum atomic E-state index is -0.168. The fourth-order valence-corrected chi connectivity index (χ4v) is 3.22. The maximum absolute atomic E-state index is 12.3. The summed E-state index contributed by atoms with van der Waals surface area (Å²) >= 11 is 0. The van der Waals surface area contributed by atoms with Crippen LogP contribution in [0.15, 0.2) is 0 Å². The van der Waals surface area contributed by atoms with Crippen LogP contribution in [0, 0.1) is 11.8 Å². The highest BCUT2D eigenvalue weighted by atomic mass is 16.5. The molecular formula is C12H20N2O2. The average Bonchev–Trinajstić information content (AvgIpc) is 2.89. The highest BCUT2D eigenvalue weighted by molar-refractivity contribution is 5.82. The summed E-state index contributed by atoms with van der Waals surface area (Å²) in [4.78, 5) is 14.3. The molecule has 0 aromatic carbocycles. The standard InChI is InChI=1S/C12H20N2O2/c1-8-3-5-16-11(8)12(15)14-6-9-2-4-13-10(9)7-14/h8-11,13H,2-7H2,1H3/t8?,9-,10+,11?/m0/s1. The Labute approximate surface area is 96.3 Å². The van der Waals surface area contributed by atoms with Crippen LogP contribution in [0.1, 0.15) is 19.8 Å². The third kappa shape index (κ3) is 1.64. The van der Waals surface area contributed by atoms with Gasteiger partial charge in [0.2, 0.25) is 0 Å². The van der Waals surface area contributed by atoms with Crippen LogP contribution in [0.4, 0.5) is 0 Å². The number of nitrogens with one attached hydrogen (secondary N) is 1. The molecule has 16 heavy (non-hydrogen) atoms. The fraction of sp³-hybridized carbons (Fsp3) is 0.917. The molecule has 3 fully saturated rings. The monoisotopic (exact) mass is 224 g/mol. The first-order chi connectivity index (χ1) is 7.75. The van der Waals surface area contributed by atoms with Crippen LogP contribution < -0.4 is 5.32 Å². The zero-order valence-electron chi connectivity index (χ0n) is 9.82. The highest BCUT2D eigenvalue weighted by Crippen LogP contribution is 2.28. The maximum Gasteiger partial charge on any atom is 0.252 e. The molecule has 1 amide bonds. The predicted octanol–water partition coefficient (Wildman–Crippen LogP) is 0.232. The van der Waals surface area contributed by atoms with E-state index in [0.29, 0.717) is 17.9 Å². The van der Waals surface area contributed by atoms with Gasteiger partial charge in [-0.1, -0.05) is 6.92 Å². The Morgan fingerprint density at radius 1 is 1.38 bits per heavy atom. The first kappa shape index (κ1) is 10.5. The molecule has 1 N–H and O–H groups in total. The van der Waals surface area contributed by atoms with E-state index in [9.17, 15) is 4.79 Å². The number of carbonyl (C=O) groups is 1. The molecule has 4 atom stereocenters. The Bertz CT molecular complexity index is 283.